The second-order valence-corrected chi connectivity index (χ2v) is 7.65. The summed E-state index contributed by atoms with van der Waals surface area (Å²) in [5.41, 5.74) is 1.47. The Bertz CT molecular complexity index is 1110. The fourth-order valence-corrected chi connectivity index (χ4v) is 3.82. The van der Waals surface area contributed by atoms with Crippen LogP contribution in [0, 0.1) is 10.1 Å². The topological polar surface area (TPSA) is 119 Å². The lowest BCUT2D eigenvalue weighted by atomic mass is 9.97. The van der Waals surface area contributed by atoms with Crippen molar-refractivity contribution >= 4 is 28.6 Å². The number of amides is 2. The zero-order valence-corrected chi connectivity index (χ0v) is 17.0. The second kappa shape index (κ2) is 8.55. The fraction of sp³-hybridized carbons (Fsp3) is 0.318. The Labute approximate surface area is 178 Å². The number of piperidine rings is 1. The summed E-state index contributed by atoms with van der Waals surface area (Å²) >= 11 is 0. The quantitative estimate of drug-likeness (QED) is 0.498. The summed E-state index contributed by atoms with van der Waals surface area (Å²) in [6.07, 6.45) is 1.67. The van der Waals surface area contributed by atoms with Gasteiger partial charge in [-0.2, -0.15) is 0 Å². The minimum atomic E-state index is -0.769. The van der Waals surface area contributed by atoms with Gasteiger partial charge in [0.15, 0.2) is 11.5 Å². The van der Waals surface area contributed by atoms with Gasteiger partial charge in [0.25, 0.3) is 11.6 Å². The smallest absolute Gasteiger partial charge is 0.270 e. The molecule has 160 valence electrons. The summed E-state index contributed by atoms with van der Waals surface area (Å²) in [7, 11) is 0. The van der Waals surface area contributed by atoms with Gasteiger partial charge in [-0.1, -0.05) is 18.2 Å². The average molecular weight is 422 g/mol. The SMILES string of the molecule is C[C@@H](NC(=O)c1cccc([N+](=O)[O-])c1)C(=O)N1CCC[C@@H](c2nc3ccccc3o2)C1. The number of nitrogens with zero attached hydrogens (tertiary/aromatic N) is 3. The number of fused-ring (bicyclic) bond motifs is 1. The number of hydrogen-bond acceptors (Lipinski definition) is 6. The molecule has 1 N–H and O–H groups in total. The minimum absolute atomic E-state index is 0.00947. The number of benzene rings is 2. The lowest BCUT2D eigenvalue weighted by Crippen LogP contribution is -2.49. The lowest BCUT2D eigenvalue weighted by Gasteiger charge is -2.33. The molecule has 0 unspecified atom stereocenters. The van der Waals surface area contributed by atoms with Crippen LogP contribution in [0.25, 0.3) is 11.1 Å². The number of rotatable bonds is 5. The molecule has 31 heavy (non-hydrogen) atoms. The van der Waals surface area contributed by atoms with Crippen LogP contribution in [0.5, 0.6) is 0 Å². The van der Waals surface area contributed by atoms with Crippen molar-refractivity contribution in [1.82, 2.24) is 15.2 Å². The number of para-hydroxylation sites is 2. The van der Waals surface area contributed by atoms with Crippen LogP contribution in [0.3, 0.4) is 0 Å². The number of carbonyl (C=O) groups is 2. The molecule has 2 heterocycles. The molecule has 1 aromatic heterocycles. The van der Waals surface area contributed by atoms with Gasteiger partial charge in [-0.3, -0.25) is 19.7 Å². The van der Waals surface area contributed by atoms with Gasteiger partial charge in [-0.05, 0) is 38.0 Å². The Kier molecular flexibility index (Phi) is 5.66. The molecule has 1 aliphatic rings. The van der Waals surface area contributed by atoms with Gasteiger partial charge >= 0.3 is 0 Å². The number of nitro benzene ring substituents is 1. The molecule has 1 saturated heterocycles. The van der Waals surface area contributed by atoms with Crippen LogP contribution in [0.1, 0.15) is 41.9 Å². The lowest BCUT2D eigenvalue weighted by molar-refractivity contribution is -0.384. The molecular weight excluding hydrogens is 400 g/mol. The molecule has 0 aliphatic carbocycles. The molecule has 9 nitrogen and oxygen atoms in total. The Balaban J connectivity index is 1.41. The van der Waals surface area contributed by atoms with Crippen molar-refractivity contribution in [2.24, 2.45) is 0 Å². The molecule has 3 aromatic rings. The highest BCUT2D eigenvalue weighted by molar-refractivity contribution is 5.97. The standard InChI is InChI=1S/C22H22N4O5/c1-14(23-20(27)15-6-4-8-17(12-15)26(29)30)22(28)25-11-5-7-16(13-25)21-24-18-9-2-3-10-19(18)31-21/h2-4,6,8-10,12,14,16H,5,7,11,13H2,1H3,(H,23,27)/t14-,16-/m1/s1. The highest BCUT2D eigenvalue weighted by atomic mass is 16.6. The Morgan fingerprint density at radius 3 is 2.84 bits per heavy atom. The zero-order valence-electron chi connectivity index (χ0n) is 17.0. The molecule has 9 heteroatoms. The zero-order chi connectivity index (χ0) is 22.0. The summed E-state index contributed by atoms with van der Waals surface area (Å²) in [6, 6.07) is 12.2. The predicted octanol–water partition coefficient (Wildman–Crippen LogP) is 3.26. The first-order valence-electron chi connectivity index (χ1n) is 10.1. The molecular formula is C22H22N4O5. The van der Waals surface area contributed by atoms with Crippen molar-refractivity contribution in [2.45, 2.75) is 31.7 Å². The summed E-state index contributed by atoms with van der Waals surface area (Å²) in [4.78, 5) is 42.0. The Morgan fingerprint density at radius 2 is 2.06 bits per heavy atom. The number of nitrogens with one attached hydrogen (secondary N) is 1. The van der Waals surface area contributed by atoms with E-state index in [1.807, 2.05) is 24.3 Å². The first kappa shape index (κ1) is 20.5. The minimum Gasteiger partial charge on any atom is -0.440 e. The van der Waals surface area contributed by atoms with E-state index in [0.717, 1.165) is 23.9 Å². The van der Waals surface area contributed by atoms with Gasteiger partial charge in [0.2, 0.25) is 5.91 Å². The van der Waals surface area contributed by atoms with Gasteiger partial charge in [0.1, 0.15) is 11.6 Å². The van der Waals surface area contributed by atoms with E-state index in [4.69, 9.17) is 4.42 Å². The van der Waals surface area contributed by atoms with Gasteiger partial charge < -0.3 is 14.6 Å². The third-order valence-corrected chi connectivity index (χ3v) is 5.43. The normalized spacial score (nSPS) is 17.3. The van der Waals surface area contributed by atoms with Crippen molar-refractivity contribution in [3.8, 4) is 0 Å². The van der Waals surface area contributed by atoms with E-state index < -0.39 is 16.9 Å². The number of aromatic nitrogens is 1. The molecule has 1 aliphatic heterocycles. The summed E-state index contributed by atoms with van der Waals surface area (Å²) < 4.78 is 5.88. The maximum absolute atomic E-state index is 12.9. The molecule has 1 fully saturated rings. The van der Waals surface area contributed by atoms with Crippen LogP contribution in [-0.4, -0.2) is 45.8 Å². The monoisotopic (exact) mass is 422 g/mol. The van der Waals surface area contributed by atoms with Gasteiger partial charge in [0.05, 0.1) is 10.8 Å². The molecule has 2 amide bonds. The van der Waals surface area contributed by atoms with Gasteiger partial charge in [-0.15, -0.1) is 0 Å². The van der Waals surface area contributed by atoms with E-state index in [2.05, 4.69) is 10.3 Å². The van der Waals surface area contributed by atoms with Crippen LogP contribution >= 0.6 is 0 Å². The van der Waals surface area contributed by atoms with Crippen molar-refractivity contribution in [3.63, 3.8) is 0 Å². The van der Waals surface area contributed by atoms with Crippen molar-refractivity contribution in [3.05, 3.63) is 70.1 Å². The molecule has 0 saturated carbocycles. The van der Waals surface area contributed by atoms with E-state index >= 15 is 0 Å². The predicted molar refractivity (Wildman–Crippen MR) is 113 cm³/mol. The largest absolute Gasteiger partial charge is 0.440 e. The Hall–Kier alpha value is -3.75. The second-order valence-electron chi connectivity index (χ2n) is 7.65. The van der Waals surface area contributed by atoms with Crippen molar-refractivity contribution in [1.29, 1.82) is 0 Å². The highest BCUT2D eigenvalue weighted by Gasteiger charge is 2.31. The number of hydrogen-bond donors (Lipinski definition) is 1. The van der Waals surface area contributed by atoms with Crippen molar-refractivity contribution < 1.29 is 18.9 Å². The van der Waals surface area contributed by atoms with Crippen LogP contribution in [0.2, 0.25) is 0 Å². The highest BCUT2D eigenvalue weighted by Crippen LogP contribution is 2.29. The summed E-state index contributed by atoms with van der Waals surface area (Å²) in [6.45, 7) is 2.66. The maximum Gasteiger partial charge on any atom is 0.270 e. The summed E-state index contributed by atoms with van der Waals surface area (Å²) in [5, 5.41) is 13.6. The van der Waals surface area contributed by atoms with Gasteiger partial charge in [0, 0.05) is 30.8 Å². The van der Waals surface area contributed by atoms with Crippen LogP contribution in [0.4, 0.5) is 5.69 Å². The van der Waals surface area contributed by atoms with E-state index in [-0.39, 0.29) is 23.1 Å². The molecule has 2 atom stereocenters. The average Bonchev–Trinajstić information content (AvgIpc) is 3.23. The Morgan fingerprint density at radius 1 is 1.26 bits per heavy atom. The first-order valence-corrected chi connectivity index (χ1v) is 10.1. The van der Waals surface area contributed by atoms with E-state index in [1.54, 1.807) is 11.8 Å². The third kappa shape index (κ3) is 4.40. The van der Waals surface area contributed by atoms with Gasteiger partial charge in [-0.25, -0.2) is 4.98 Å². The maximum atomic E-state index is 12.9. The van der Waals surface area contributed by atoms with Crippen LogP contribution < -0.4 is 5.32 Å². The number of nitro groups is 1. The first-order chi connectivity index (χ1) is 14.9. The molecule has 0 radical (unpaired) electrons. The number of carbonyl (C=O) groups excluding carboxylic acids is 2. The van der Waals surface area contributed by atoms with E-state index in [1.165, 1.54) is 24.3 Å². The van der Waals surface area contributed by atoms with Crippen molar-refractivity contribution in [2.75, 3.05) is 13.1 Å². The van der Waals surface area contributed by atoms with Crippen LogP contribution in [-0.2, 0) is 4.79 Å². The molecule has 2 aromatic carbocycles. The van der Waals surface area contributed by atoms with Crippen LogP contribution in [0.15, 0.2) is 52.9 Å². The molecule has 4 rings (SSSR count). The number of likely N-dealkylation sites (tertiary alicyclic amines) is 1. The van der Waals surface area contributed by atoms with E-state index in [9.17, 15) is 19.7 Å². The summed E-state index contributed by atoms with van der Waals surface area (Å²) in [5.74, 6) is -0.131. The molecule has 0 bridgehead atoms. The number of non-ortho nitro benzene ring substituents is 1. The number of oxazole rings is 1. The molecule has 0 spiro atoms. The van der Waals surface area contributed by atoms with E-state index in [0.29, 0.717) is 19.0 Å². The third-order valence-electron chi connectivity index (χ3n) is 5.43. The fourth-order valence-electron chi connectivity index (χ4n) is 3.82.